The highest BCUT2D eigenvalue weighted by Crippen LogP contribution is 2.23. The lowest BCUT2D eigenvalue weighted by Crippen LogP contribution is -2.33. The molecular weight excluding hydrogens is 192 g/mol. The van der Waals surface area contributed by atoms with Crippen LogP contribution in [0.3, 0.4) is 0 Å². The SMILES string of the molecule is NCCCC(=O)NCC1CCCC(O)C1. The van der Waals surface area contributed by atoms with Crippen LogP contribution in [-0.4, -0.2) is 30.2 Å². The Bertz CT molecular complexity index is 197. The number of hydrogen-bond acceptors (Lipinski definition) is 3. The van der Waals surface area contributed by atoms with E-state index < -0.39 is 0 Å². The summed E-state index contributed by atoms with van der Waals surface area (Å²) in [6, 6.07) is 0. The molecule has 1 saturated carbocycles. The first-order valence-corrected chi connectivity index (χ1v) is 5.87. The van der Waals surface area contributed by atoms with E-state index in [0.717, 1.165) is 32.1 Å². The molecule has 2 unspecified atom stereocenters. The highest BCUT2D eigenvalue weighted by atomic mass is 16.3. The van der Waals surface area contributed by atoms with Crippen molar-refractivity contribution in [1.29, 1.82) is 0 Å². The van der Waals surface area contributed by atoms with Gasteiger partial charge in [-0.25, -0.2) is 0 Å². The highest BCUT2D eigenvalue weighted by molar-refractivity contribution is 5.75. The quantitative estimate of drug-likeness (QED) is 0.620. The molecule has 0 aromatic heterocycles. The van der Waals surface area contributed by atoms with E-state index in [4.69, 9.17) is 5.73 Å². The van der Waals surface area contributed by atoms with Gasteiger partial charge in [-0.3, -0.25) is 4.79 Å². The summed E-state index contributed by atoms with van der Waals surface area (Å²) in [5.74, 6) is 0.538. The van der Waals surface area contributed by atoms with Gasteiger partial charge in [-0.2, -0.15) is 0 Å². The van der Waals surface area contributed by atoms with Crippen LogP contribution >= 0.6 is 0 Å². The van der Waals surface area contributed by atoms with Crippen LogP contribution in [0.4, 0.5) is 0 Å². The van der Waals surface area contributed by atoms with E-state index in [1.54, 1.807) is 0 Å². The molecule has 0 heterocycles. The van der Waals surface area contributed by atoms with Crippen molar-refractivity contribution in [2.24, 2.45) is 11.7 Å². The molecular formula is C11H22N2O2. The molecule has 0 aromatic carbocycles. The zero-order chi connectivity index (χ0) is 11.1. The zero-order valence-electron chi connectivity index (χ0n) is 9.24. The lowest BCUT2D eigenvalue weighted by molar-refractivity contribution is -0.121. The Morgan fingerprint density at radius 2 is 2.27 bits per heavy atom. The number of nitrogens with one attached hydrogen (secondary N) is 1. The maximum atomic E-state index is 11.3. The summed E-state index contributed by atoms with van der Waals surface area (Å²) in [5, 5.41) is 12.4. The molecule has 1 rings (SSSR count). The maximum absolute atomic E-state index is 11.3. The zero-order valence-corrected chi connectivity index (χ0v) is 9.24. The van der Waals surface area contributed by atoms with E-state index in [9.17, 15) is 9.90 Å². The Morgan fingerprint density at radius 1 is 1.47 bits per heavy atom. The number of aliphatic hydroxyl groups excluding tert-OH is 1. The van der Waals surface area contributed by atoms with Crippen LogP contribution in [0.2, 0.25) is 0 Å². The fourth-order valence-electron chi connectivity index (χ4n) is 2.06. The third kappa shape index (κ3) is 5.14. The molecule has 88 valence electrons. The molecule has 0 aliphatic heterocycles. The van der Waals surface area contributed by atoms with Gasteiger partial charge in [0.25, 0.3) is 0 Å². The van der Waals surface area contributed by atoms with Crippen molar-refractivity contribution in [2.75, 3.05) is 13.1 Å². The maximum Gasteiger partial charge on any atom is 0.220 e. The summed E-state index contributed by atoms with van der Waals surface area (Å²) in [6.07, 6.45) is 5.04. The smallest absolute Gasteiger partial charge is 0.220 e. The van der Waals surface area contributed by atoms with E-state index >= 15 is 0 Å². The van der Waals surface area contributed by atoms with Crippen molar-refractivity contribution < 1.29 is 9.90 Å². The Hall–Kier alpha value is -0.610. The molecule has 0 bridgehead atoms. The van der Waals surface area contributed by atoms with Gasteiger partial charge in [0.1, 0.15) is 0 Å². The average molecular weight is 214 g/mol. The fraction of sp³-hybridized carbons (Fsp3) is 0.909. The largest absolute Gasteiger partial charge is 0.393 e. The van der Waals surface area contributed by atoms with E-state index in [0.29, 0.717) is 25.4 Å². The number of rotatable bonds is 5. The molecule has 2 atom stereocenters. The summed E-state index contributed by atoms with van der Waals surface area (Å²) in [6.45, 7) is 1.27. The standard InChI is InChI=1S/C11H22N2O2/c12-6-2-5-11(15)13-8-9-3-1-4-10(14)7-9/h9-10,14H,1-8,12H2,(H,13,15). The summed E-state index contributed by atoms with van der Waals surface area (Å²) in [7, 11) is 0. The number of nitrogens with two attached hydrogens (primary N) is 1. The fourth-order valence-corrected chi connectivity index (χ4v) is 2.06. The second-order valence-electron chi connectivity index (χ2n) is 4.38. The van der Waals surface area contributed by atoms with Crippen molar-refractivity contribution in [2.45, 2.75) is 44.6 Å². The van der Waals surface area contributed by atoms with Gasteiger partial charge in [0, 0.05) is 13.0 Å². The van der Waals surface area contributed by atoms with Crippen molar-refractivity contribution in [3.05, 3.63) is 0 Å². The lowest BCUT2D eigenvalue weighted by atomic mass is 9.87. The van der Waals surface area contributed by atoms with Crippen LogP contribution in [0.5, 0.6) is 0 Å². The predicted octanol–water partition coefficient (Wildman–Crippen LogP) is 0.393. The lowest BCUT2D eigenvalue weighted by Gasteiger charge is -2.25. The Morgan fingerprint density at radius 3 is 2.93 bits per heavy atom. The monoisotopic (exact) mass is 214 g/mol. The van der Waals surface area contributed by atoms with Gasteiger partial charge >= 0.3 is 0 Å². The second kappa shape index (κ2) is 6.80. The van der Waals surface area contributed by atoms with E-state index in [1.807, 2.05) is 0 Å². The van der Waals surface area contributed by atoms with Crippen LogP contribution < -0.4 is 11.1 Å². The first-order chi connectivity index (χ1) is 7.22. The van der Waals surface area contributed by atoms with Crippen molar-refractivity contribution in [3.63, 3.8) is 0 Å². The molecule has 0 spiro atoms. The minimum Gasteiger partial charge on any atom is -0.393 e. The summed E-state index contributed by atoms with van der Waals surface area (Å²) < 4.78 is 0. The van der Waals surface area contributed by atoms with Gasteiger partial charge in [-0.05, 0) is 38.1 Å². The van der Waals surface area contributed by atoms with Crippen molar-refractivity contribution >= 4 is 5.91 Å². The van der Waals surface area contributed by atoms with Gasteiger partial charge in [0.05, 0.1) is 6.10 Å². The molecule has 1 aliphatic rings. The van der Waals surface area contributed by atoms with E-state index in [2.05, 4.69) is 5.32 Å². The van der Waals surface area contributed by atoms with Crippen LogP contribution in [0.15, 0.2) is 0 Å². The molecule has 1 fully saturated rings. The molecule has 15 heavy (non-hydrogen) atoms. The molecule has 0 radical (unpaired) electrons. The molecule has 4 N–H and O–H groups in total. The average Bonchev–Trinajstić information content (AvgIpc) is 2.23. The normalized spacial score (nSPS) is 26.3. The molecule has 1 aliphatic carbocycles. The van der Waals surface area contributed by atoms with Gasteiger partial charge in [-0.15, -0.1) is 0 Å². The summed E-state index contributed by atoms with van der Waals surface area (Å²) >= 11 is 0. The predicted molar refractivity (Wildman–Crippen MR) is 59.3 cm³/mol. The minimum atomic E-state index is -0.162. The van der Waals surface area contributed by atoms with Crippen LogP contribution in [-0.2, 0) is 4.79 Å². The van der Waals surface area contributed by atoms with Crippen molar-refractivity contribution in [3.8, 4) is 0 Å². The number of aliphatic hydroxyl groups is 1. The number of hydrogen-bond donors (Lipinski definition) is 3. The van der Waals surface area contributed by atoms with E-state index in [-0.39, 0.29) is 12.0 Å². The van der Waals surface area contributed by atoms with Crippen LogP contribution in [0.25, 0.3) is 0 Å². The Kier molecular flexibility index (Phi) is 5.65. The molecule has 0 aromatic rings. The van der Waals surface area contributed by atoms with Crippen LogP contribution in [0.1, 0.15) is 38.5 Å². The van der Waals surface area contributed by atoms with Gasteiger partial charge in [0.2, 0.25) is 5.91 Å². The Labute approximate surface area is 91.2 Å². The number of amides is 1. The second-order valence-corrected chi connectivity index (χ2v) is 4.38. The van der Waals surface area contributed by atoms with Gasteiger partial charge in [0.15, 0.2) is 0 Å². The molecule has 4 nitrogen and oxygen atoms in total. The van der Waals surface area contributed by atoms with Gasteiger partial charge in [-0.1, -0.05) is 6.42 Å². The van der Waals surface area contributed by atoms with Crippen LogP contribution in [0, 0.1) is 5.92 Å². The summed E-state index contributed by atoms with van der Waals surface area (Å²) in [5.41, 5.74) is 5.32. The number of carbonyl (C=O) groups excluding carboxylic acids is 1. The van der Waals surface area contributed by atoms with Crippen molar-refractivity contribution in [1.82, 2.24) is 5.32 Å². The highest BCUT2D eigenvalue weighted by Gasteiger charge is 2.20. The molecule has 1 amide bonds. The third-order valence-electron chi connectivity index (χ3n) is 2.95. The Balaban J connectivity index is 2.10. The topological polar surface area (TPSA) is 75.4 Å². The molecule has 4 heteroatoms. The van der Waals surface area contributed by atoms with E-state index in [1.165, 1.54) is 0 Å². The van der Waals surface area contributed by atoms with Gasteiger partial charge < -0.3 is 16.2 Å². The minimum absolute atomic E-state index is 0.0838. The third-order valence-corrected chi connectivity index (χ3v) is 2.95. The molecule has 0 saturated heterocycles. The first-order valence-electron chi connectivity index (χ1n) is 5.87. The summed E-state index contributed by atoms with van der Waals surface area (Å²) in [4.78, 5) is 11.3. The first kappa shape index (κ1) is 12.5. The number of carbonyl (C=O) groups is 1.